The number of alkyl halides is 2. The van der Waals surface area contributed by atoms with Gasteiger partial charge >= 0.3 is 6.61 Å². The van der Waals surface area contributed by atoms with Crippen molar-refractivity contribution in [3.8, 4) is 5.75 Å². The molecule has 0 saturated carbocycles. The van der Waals surface area contributed by atoms with Gasteiger partial charge in [0.1, 0.15) is 11.5 Å². The lowest BCUT2D eigenvalue weighted by atomic mass is 10.1. The molecule has 1 amide bonds. The second kappa shape index (κ2) is 13.4. The molecule has 0 unspecified atom stereocenters. The number of nitrogens with one attached hydrogen (secondary N) is 3. The van der Waals surface area contributed by atoms with Crippen molar-refractivity contribution in [2.45, 2.75) is 26.2 Å². The van der Waals surface area contributed by atoms with Gasteiger partial charge in [-0.05, 0) is 35.9 Å². The van der Waals surface area contributed by atoms with Crippen LogP contribution in [-0.2, 0) is 19.6 Å². The summed E-state index contributed by atoms with van der Waals surface area (Å²) in [6.45, 7) is -1.93. The van der Waals surface area contributed by atoms with Gasteiger partial charge in [-0.1, -0.05) is 30.3 Å². The Bertz CT molecular complexity index is 1050. The Morgan fingerprint density at radius 1 is 1.00 bits per heavy atom. The summed E-state index contributed by atoms with van der Waals surface area (Å²) in [5.41, 5.74) is 1.97. The van der Waals surface area contributed by atoms with Gasteiger partial charge in [0.2, 0.25) is 0 Å². The van der Waals surface area contributed by atoms with Gasteiger partial charge in [-0.15, -0.1) is 24.0 Å². The molecule has 0 fully saturated rings. The highest BCUT2D eigenvalue weighted by Crippen LogP contribution is 2.19. The molecule has 10 heteroatoms. The van der Waals surface area contributed by atoms with Crippen LogP contribution in [0.3, 0.4) is 0 Å². The summed E-state index contributed by atoms with van der Waals surface area (Å²) >= 11 is 0. The van der Waals surface area contributed by atoms with Gasteiger partial charge in [-0.2, -0.15) is 8.78 Å². The monoisotopic (exact) mass is 570 g/mol. The molecule has 0 radical (unpaired) electrons. The van der Waals surface area contributed by atoms with E-state index in [-0.39, 0.29) is 42.2 Å². The van der Waals surface area contributed by atoms with Crippen molar-refractivity contribution in [2.75, 3.05) is 7.05 Å². The van der Waals surface area contributed by atoms with Crippen molar-refractivity contribution in [1.82, 2.24) is 16.0 Å². The minimum atomic E-state index is -2.89. The summed E-state index contributed by atoms with van der Waals surface area (Å²) in [6, 6.07) is 17.3. The predicted octanol–water partition coefficient (Wildman–Crippen LogP) is 4.29. The van der Waals surface area contributed by atoms with Crippen molar-refractivity contribution < 1.29 is 22.7 Å². The van der Waals surface area contributed by atoms with Crippen LogP contribution in [0.25, 0.3) is 0 Å². The minimum Gasteiger partial charge on any atom is -0.467 e. The fourth-order valence-corrected chi connectivity index (χ4v) is 2.95. The molecule has 1 heterocycles. The third kappa shape index (κ3) is 8.37. The van der Waals surface area contributed by atoms with Crippen LogP contribution in [0.15, 0.2) is 76.3 Å². The maximum Gasteiger partial charge on any atom is 0.387 e. The van der Waals surface area contributed by atoms with E-state index in [0.29, 0.717) is 35.9 Å². The van der Waals surface area contributed by atoms with Crippen LogP contribution in [0.1, 0.15) is 27.2 Å². The third-order valence-electron chi connectivity index (χ3n) is 4.51. The highest BCUT2D eigenvalue weighted by molar-refractivity contribution is 14.0. The molecule has 176 valence electrons. The quantitative estimate of drug-likeness (QED) is 0.203. The SMILES string of the molecule is CN=C(NCc1cccc(C(=O)NCc2ccco2)c1)NCc1ccccc1OC(F)F.I. The summed E-state index contributed by atoms with van der Waals surface area (Å²) in [5, 5.41) is 9.01. The summed E-state index contributed by atoms with van der Waals surface area (Å²) in [4.78, 5) is 16.5. The smallest absolute Gasteiger partial charge is 0.387 e. The second-order valence-electron chi connectivity index (χ2n) is 6.73. The standard InChI is InChI=1S/C23H24F2N4O3.HI/c1-26-23(29-14-18-7-2-3-10-20(18)32-22(24)25)28-13-16-6-4-8-17(12-16)21(30)27-15-19-9-5-11-31-19;/h2-12,22H,13-15H2,1H3,(H,27,30)(H2,26,28,29);1H. The van der Waals surface area contributed by atoms with E-state index >= 15 is 0 Å². The van der Waals surface area contributed by atoms with Gasteiger partial charge in [0, 0.05) is 31.3 Å². The lowest BCUT2D eigenvalue weighted by Crippen LogP contribution is -2.36. The van der Waals surface area contributed by atoms with Gasteiger partial charge in [-0.25, -0.2) is 0 Å². The van der Waals surface area contributed by atoms with Gasteiger partial charge in [-0.3, -0.25) is 9.79 Å². The number of hydrogen-bond donors (Lipinski definition) is 3. The maximum absolute atomic E-state index is 12.6. The number of guanidine groups is 1. The molecular formula is C23H25F2IN4O3. The van der Waals surface area contributed by atoms with E-state index in [2.05, 4.69) is 25.7 Å². The fraction of sp³-hybridized carbons (Fsp3) is 0.217. The highest BCUT2D eigenvalue weighted by Gasteiger charge is 2.10. The Balaban J connectivity index is 0.00000385. The molecule has 33 heavy (non-hydrogen) atoms. The molecule has 3 aromatic rings. The summed E-state index contributed by atoms with van der Waals surface area (Å²) in [5.74, 6) is 1.05. The van der Waals surface area contributed by atoms with Crippen LogP contribution >= 0.6 is 24.0 Å². The number of rotatable bonds is 9. The Hall–Kier alpha value is -3.15. The van der Waals surface area contributed by atoms with E-state index in [0.717, 1.165) is 5.56 Å². The molecule has 7 nitrogen and oxygen atoms in total. The first-order valence-corrected chi connectivity index (χ1v) is 9.92. The number of nitrogens with zero attached hydrogens (tertiary/aromatic N) is 1. The zero-order valence-corrected chi connectivity index (χ0v) is 20.2. The molecule has 0 aliphatic rings. The zero-order chi connectivity index (χ0) is 22.8. The first kappa shape index (κ1) is 26.1. The average molecular weight is 570 g/mol. The van der Waals surface area contributed by atoms with E-state index in [1.54, 1.807) is 61.8 Å². The molecule has 0 bridgehead atoms. The number of amides is 1. The number of benzene rings is 2. The Labute approximate surface area is 207 Å². The summed E-state index contributed by atoms with van der Waals surface area (Å²) in [6.07, 6.45) is 1.55. The number of carbonyl (C=O) groups excluding carboxylic acids is 1. The Morgan fingerprint density at radius 3 is 2.52 bits per heavy atom. The third-order valence-corrected chi connectivity index (χ3v) is 4.51. The zero-order valence-electron chi connectivity index (χ0n) is 17.9. The average Bonchev–Trinajstić information content (AvgIpc) is 3.32. The molecular weight excluding hydrogens is 545 g/mol. The molecule has 2 aromatic carbocycles. The van der Waals surface area contributed by atoms with Crippen molar-refractivity contribution >= 4 is 35.8 Å². The second-order valence-corrected chi connectivity index (χ2v) is 6.73. The van der Waals surface area contributed by atoms with E-state index in [4.69, 9.17) is 4.42 Å². The Kier molecular flexibility index (Phi) is 10.6. The van der Waals surface area contributed by atoms with Crippen molar-refractivity contribution in [2.24, 2.45) is 4.99 Å². The van der Waals surface area contributed by atoms with Crippen LogP contribution in [-0.4, -0.2) is 25.5 Å². The minimum absolute atomic E-state index is 0. The van der Waals surface area contributed by atoms with Gasteiger partial charge in [0.25, 0.3) is 5.91 Å². The number of para-hydroxylation sites is 1. The summed E-state index contributed by atoms with van der Waals surface area (Å²) < 4.78 is 34.9. The molecule has 3 rings (SSSR count). The van der Waals surface area contributed by atoms with Crippen LogP contribution in [0.5, 0.6) is 5.75 Å². The highest BCUT2D eigenvalue weighted by atomic mass is 127. The predicted molar refractivity (Wildman–Crippen MR) is 132 cm³/mol. The topological polar surface area (TPSA) is 87.9 Å². The molecule has 3 N–H and O–H groups in total. The molecule has 0 atom stereocenters. The Morgan fingerprint density at radius 2 is 1.79 bits per heavy atom. The number of furan rings is 1. The molecule has 0 spiro atoms. The van der Waals surface area contributed by atoms with Gasteiger partial charge in [0.05, 0.1) is 12.8 Å². The van der Waals surface area contributed by atoms with E-state index in [9.17, 15) is 13.6 Å². The van der Waals surface area contributed by atoms with Crippen molar-refractivity contribution in [3.63, 3.8) is 0 Å². The molecule has 1 aromatic heterocycles. The van der Waals surface area contributed by atoms with Gasteiger partial charge < -0.3 is 25.1 Å². The van der Waals surface area contributed by atoms with Crippen LogP contribution < -0.4 is 20.7 Å². The van der Waals surface area contributed by atoms with Crippen molar-refractivity contribution in [3.05, 3.63) is 89.4 Å². The summed E-state index contributed by atoms with van der Waals surface area (Å²) in [7, 11) is 1.61. The van der Waals surface area contributed by atoms with Crippen LogP contribution in [0.2, 0.25) is 0 Å². The number of aliphatic imine (C=N–C) groups is 1. The van der Waals surface area contributed by atoms with Crippen LogP contribution in [0, 0.1) is 0 Å². The van der Waals surface area contributed by atoms with E-state index in [1.807, 2.05) is 6.07 Å². The van der Waals surface area contributed by atoms with Crippen molar-refractivity contribution in [1.29, 1.82) is 0 Å². The number of hydrogen-bond acceptors (Lipinski definition) is 4. The van der Waals surface area contributed by atoms with Gasteiger partial charge in [0.15, 0.2) is 5.96 Å². The number of carbonyl (C=O) groups is 1. The number of ether oxygens (including phenoxy) is 1. The fourth-order valence-electron chi connectivity index (χ4n) is 2.95. The number of halogens is 3. The molecule has 0 aliphatic heterocycles. The maximum atomic E-state index is 12.6. The van der Waals surface area contributed by atoms with E-state index < -0.39 is 6.61 Å². The lowest BCUT2D eigenvalue weighted by Gasteiger charge is -2.15. The molecule has 0 aliphatic carbocycles. The normalized spacial score (nSPS) is 11.0. The largest absolute Gasteiger partial charge is 0.467 e. The van der Waals surface area contributed by atoms with Crippen LogP contribution in [0.4, 0.5) is 8.78 Å². The first-order chi connectivity index (χ1) is 15.5. The molecule has 0 saturated heterocycles. The first-order valence-electron chi connectivity index (χ1n) is 9.92. The van der Waals surface area contributed by atoms with E-state index in [1.165, 1.54) is 6.07 Å². The lowest BCUT2D eigenvalue weighted by molar-refractivity contribution is -0.0504.